The van der Waals surface area contributed by atoms with Gasteiger partial charge in [0.15, 0.2) is 11.6 Å². The lowest BCUT2D eigenvalue weighted by atomic mass is 9.73. The first-order valence-electron chi connectivity index (χ1n) is 10.9. The third-order valence-electron chi connectivity index (χ3n) is 6.30. The highest BCUT2D eigenvalue weighted by Crippen LogP contribution is 2.47. The van der Waals surface area contributed by atoms with Gasteiger partial charge < -0.3 is 9.47 Å². The van der Waals surface area contributed by atoms with Gasteiger partial charge >= 0.3 is 0 Å². The van der Waals surface area contributed by atoms with E-state index in [4.69, 9.17) is 32.7 Å². The second kappa shape index (κ2) is 8.76. The van der Waals surface area contributed by atoms with Gasteiger partial charge in [0.1, 0.15) is 23.9 Å². The molecule has 2 aromatic carbocycles. The Morgan fingerprint density at radius 3 is 1.94 bits per heavy atom. The molecule has 0 spiro atoms. The molecule has 0 atom stereocenters. The standard InChI is InChI=1S/C26H22Cl2O4/c27-18-4-1-5-19(28)17(18)14-31-16-12-10-15(11-13-16)24-25-20(29)6-2-8-22(25)32-23-9-3-7-21(30)26(23)24/h1,4-5,10-13,24H,2-3,6-9,14H2. The number of allylic oxidation sites excluding steroid dienone is 4. The van der Waals surface area contributed by atoms with Crippen LogP contribution in [0.15, 0.2) is 65.1 Å². The summed E-state index contributed by atoms with van der Waals surface area (Å²) in [6.07, 6.45) is 4.05. The summed E-state index contributed by atoms with van der Waals surface area (Å²) >= 11 is 12.5. The van der Waals surface area contributed by atoms with Crippen LogP contribution in [0.1, 0.15) is 55.6 Å². The molecule has 0 saturated carbocycles. The molecule has 1 aliphatic heterocycles. The van der Waals surface area contributed by atoms with Crippen LogP contribution in [-0.4, -0.2) is 11.6 Å². The minimum atomic E-state index is -0.360. The number of Topliss-reactive ketones (excluding diaryl/α,β-unsaturated/α-hetero) is 2. The Morgan fingerprint density at radius 2 is 1.38 bits per heavy atom. The van der Waals surface area contributed by atoms with Gasteiger partial charge in [-0.3, -0.25) is 9.59 Å². The third kappa shape index (κ3) is 3.87. The first-order valence-corrected chi connectivity index (χ1v) is 11.6. The fourth-order valence-corrected chi connectivity index (χ4v) is 5.24. The van der Waals surface area contributed by atoms with Crippen LogP contribution in [-0.2, 0) is 20.9 Å². The Hall–Kier alpha value is -2.56. The summed E-state index contributed by atoms with van der Waals surface area (Å²) in [4.78, 5) is 25.7. The molecule has 0 unspecified atom stereocenters. The summed E-state index contributed by atoms with van der Waals surface area (Å²) in [5.41, 5.74) is 2.94. The van der Waals surface area contributed by atoms with Crippen LogP contribution in [0, 0.1) is 0 Å². The third-order valence-corrected chi connectivity index (χ3v) is 7.01. The van der Waals surface area contributed by atoms with Gasteiger partial charge in [0, 0.05) is 58.4 Å². The highest BCUT2D eigenvalue weighted by atomic mass is 35.5. The molecule has 164 valence electrons. The molecule has 0 aromatic heterocycles. The lowest BCUT2D eigenvalue weighted by Gasteiger charge is -2.36. The van der Waals surface area contributed by atoms with E-state index in [1.807, 2.05) is 24.3 Å². The molecule has 4 nitrogen and oxygen atoms in total. The molecule has 0 amide bonds. The van der Waals surface area contributed by atoms with Crippen molar-refractivity contribution in [3.63, 3.8) is 0 Å². The van der Waals surface area contributed by atoms with E-state index in [1.165, 1.54) is 0 Å². The predicted molar refractivity (Wildman–Crippen MR) is 123 cm³/mol. The largest absolute Gasteiger partial charge is 0.489 e. The Kier molecular flexibility index (Phi) is 5.83. The van der Waals surface area contributed by atoms with Crippen LogP contribution in [0.25, 0.3) is 0 Å². The fourth-order valence-electron chi connectivity index (χ4n) is 4.73. The maximum Gasteiger partial charge on any atom is 0.163 e. The molecule has 2 aromatic rings. The number of ketones is 2. The van der Waals surface area contributed by atoms with Gasteiger partial charge in [-0.05, 0) is 42.7 Å². The summed E-state index contributed by atoms with van der Waals surface area (Å²) in [6.45, 7) is 0.247. The van der Waals surface area contributed by atoms with Crippen LogP contribution in [0.4, 0.5) is 0 Å². The van der Waals surface area contributed by atoms with Gasteiger partial charge in [-0.1, -0.05) is 41.4 Å². The summed E-state index contributed by atoms with van der Waals surface area (Å²) in [5, 5.41) is 1.11. The van der Waals surface area contributed by atoms with Crippen molar-refractivity contribution < 1.29 is 19.1 Å². The van der Waals surface area contributed by atoms with Crippen molar-refractivity contribution in [2.45, 2.75) is 51.0 Å². The Bertz CT molecular complexity index is 1100. The van der Waals surface area contributed by atoms with Crippen LogP contribution < -0.4 is 4.74 Å². The van der Waals surface area contributed by atoms with Crippen molar-refractivity contribution in [2.75, 3.05) is 0 Å². The molecule has 0 radical (unpaired) electrons. The molecule has 1 heterocycles. The van der Waals surface area contributed by atoms with E-state index in [0.717, 1.165) is 48.3 Å². The van der Waals surface area contributed by atoms with Gasteiger partial charge in [-0.15, -0.1) is 0 Å². The Morgan fingerprint density at radius 1 is 0.812 bits per heavy atom. The van der Waals surface area contributed by atoms with Crippen LogP contribution in [0.3, 0.4) is 0 Å². The van der Waals surface area contributed by atoms with E-state index in [9.17, 15) is 9.59 Å². The molecular formula is C26H22Cl2O4. The van der Waals surface area contributed by atoms with E-state index in [1.54, 1.807) is 18.2 Å². The van der Waals surface area contributed by atoms with E-state index in [0.29, 0.717) is 39.8 Å². The van der Waals surface area contributed by atoms with Crippen molar-refractivity contribution >= 4 is 34.8 Å². The second-order valence-electron chi connectivity index (χ2n) is 8.32. The summed E-state index contributed by atoms with van der Waals surface area (Å²) < 4.78 is 12.0. The smallest absolute Gasteiger partial charge is 0.163 e. The van der Waals surface area contributed by atoms with Gasteiger partial charge in [0.25, 0.3) is 0 Å². The maximum atomic E-state index is 12.9. The average Bonchev–Trinajstić information content (AvgIpc) is 2.78. The monoisotopic (exact) mass is 468 g/mol. The van der Waals surface area contributed by atoms with E-state index >= 15 is 0 Å². The Labute approximate surface area is 196 Å². The lowest BCUT2D eigenvalue weighted by Crippen LogP contribution is -2.30. The van der Waals surface area contributed by atoms with Crippen molar-refractivity contribution in [1.29, 1.82) is 0 Å². The highest BCUT2D eigenvalue weighted by Gasteiger charge is 2.41. The summed E-state index contributed by atoms with van der Waals surface area (Å²) in [6, 6.07) is 12.9. The van der Waals surface area contributed by atoms with Crippen molar-refractivity contribution in [3.8, 4) is 5.75 Å². The topological polar surface area (TPSA) is 52.6 Å². The zero-order chi connectivity index (χ0) is 22.2. The molecule has 6 heteroatoms. The minimum Gasteiger partial charge on any atom is -0.489 e. The molecule has 3 aliphatic rings. The zero-order valence-electron chi connectivity index (χ0n) is 17.5. The normalized spacial score (nSPS) is 18.9. The number of hydrogen-bond donors (Lipinski definition) is 0. The van der Waals surface area contributed by atoms with Gasteiger partial charge in [-0.2, -0.15) is 0 Å². The van der Waals surface area contributed by atoms with Crippen molar-refractivity contribution in [1.82, 2.24) is 0 Å². The molecule has 32 heavy (non-hydrogen) atoms. The van der Waals surface area contributed by atoms with Crippen LogP contribution in [0.5, 0.6) is 5.75 Å². The number of benzene rings is 2. The molecular weight excluding hydrogens is 447 g/mol. The average molecular weight is 469 g/mol. The van der Waals surface area contributed by atoms with Crippen molar-refractivity contribution in [3.05, 3.63) is 86.3 Å². The molecule has 0 saturated heterocycles. The van der Waals surface area contributed by atoms with E-state index in [-0.39, 0.29) is 24.1 Å². The van der Waals surface area contributed by atoms with Crippen LogP contribution in [0.2, 0.25) is 10.0 Å². The number of halogens is 2. The highest BCUT2D eigenvalue weighted by molar-refractivity contribution is 6.35. The zero-order valence-corrected chi connectivity index (χ0v) is 19.0. The SMILES string of the molecule is O=C1CCCC2=C1C(c1ccc(OCc3c(Cl)cccc3Cl)cc1)C1=C(CCCC1=O)O2. The fraction of sp³-hybridized carbons (Fsp3) is 0.308. The number of rotatable bonds is 4. The number of carbonyl (C=O) groups excluding carboxylic acids is 2. The lowest BCUT2D eigenvalue weighted by molar-refractivity contribution is -0.117. The Balaban J connectivity index is 1.45. The first-order chi connectivity index (χ1) is 15.5. The molecule has 0 bridgehead atoms. The van der Waals surface area contributed by atoms with Crippen molar-refractivity contribution in [2.24, 2.45) is 0 Å². The van der Waals surface area contributed by atoms with Gasteiger partial charge in [-0.25, -0.2) is 0 Å². The number of hydrogen-bond acceptors (Lipinski definition) is 4. The molecule has 0 N–H and O–H groups in total. The molecule has 0 fully saturated rings. The van der Waals surface area contributed by atoms with E-state index < -0.39 is 0 Å². The minimum absolute atomic E-state index is 0.0786. The second-order valence-corrected chi connectivity index (χ2v) is 9.13. The first kappa shape index (κ1) is 21.3. The molecule has 2 aliphatic carbocycles. The number of carbonyl (C=O) groups is 2. The van der Waals surface area contributed by atoms with Gasteiger partial charge in [0.2, 0.25) is 0 Å². The van der Waals surface area contributed by atoms with E-state index in [2.05, 4.69) is 0 Å². The van der Waals surface area contributed by atoms with Gasteiger partial charge in [0.05, 0.1) is 0 Å². The maximum absolute atomic E-state index is 12.9. The summed E-state index contributed by atoms with van der Waals surface area (Å²) in [7, 11) is 0. The molecule has 5 rings (SSSR count). The quantitative estimate of drug-likeness (QED) is 0.500. The summed E-state index contributed by atoms with van der Waals surface area (Å²) in [5.74, 6) is 1.94. The number of ether oxygens (including phenoxy) is 2. The predicted octanol–water partition coefficient (Wildman–Crippen LogP) is 6.70. The van der Waals surface area contributed by atoms with Crippen LogP contribution >= 0.6 is 23.2 Å².